The third kappa shape index (κ3) is 5.04. The van der Waals surface area contributed by atoms with Crippen molar-refractivity contribution in [2.24, 2.45) is 11.1 Å². The van der Waals surface area contributed by atoms with Crippen LogP contribution in [0.15, 0.2) is 53.4 Å². The molecule has 1 aliphatic heterocycles. The fraction of sp³-hybridized carbons (Fsp3) is 0.292. The molecule has 4 rings (SSSR count). The lowest BCUT2D eigenvalue weighted by Gasteiger charge is -2.31. The standard InChI is InChI=1S/C24H26N4O4S/c1-15-3-8-22-18(13-15)14-21(16(2)26-22)24(30)28-11-9-17(10-12-28)23(29)27-19-4-6-20(7-5-19)33(25,31)32/h3-8,13-14,17H,9-12H2,1-2H3,(H,27,29)(H2,25,31,32). The number of pyridine rings is 1. The Hall–Kier alpha value is -3.30. The number of aromatic nitrogens is 1. The van der Waals surface area contributed by atoms with Crippen molar-refractivity contribution < 1.29 is 18.0 Å². The van der Waals surface area contributed by atoms with E-state index in [9.17, 15) is 18.0 Å². The molecule has 3 N–H and O–H groups in total. The number of rotatable bonds is 4. The van der Waals surface area contributed by atoms with E-state index >= 15 is 0 Å². The van der Waals surface area contributed by atoms with Gasteiger partial charge in [-0.25, -0.2) is 13.6 Å². The number of nitrogens with zero attached hydrogens (tertiary/aromatic N) is 2. The predicted molar refractivity (Wildman–Crippen MR) is 126 cm³/mol. The van der Waals surface area contributed by atoms with E-state index < -0.39 is 10.0 Å². The fourth-order valence-electron chi connectivity index (χ4n) is 4.10. The summed E-state index contributed by atoms with van der Waals surface area (Å²) in [7, 11) is -3.78. The number of aryl methyl sites for hydroxylation is 2. The van der Waals surface area contributed by atoms with Gasteiger partial charge in [0.2, 0.25) is 15.9 Å². The van der Waals surface area contributed by atoms with Crippen LogP contribution in [0.3, 0.4) is 0 Å². The number of nitrogens with two attached hydrogens (primary N) is 1. The fourth-order valence-corrected chi connectivity index (χ4v) is 4.61. The molecule has 3 aromatic rings. The molecule has 2 heterocycles. The van der Waals surface area contributed by atoms with Crippen LogP contribution in [0, 0.1) is 19.8 Å². The molecule has 1 saturated heterocycles. The minimum absolute atomic E-state index is 0.0130. The molecule has 0 aliphatic carbocycles. The van der Waals surface area contributed by atoms with Gasteiger partial charge in [-0.05, 0) is 69.2 Å². The summed E-state index contributed by atoms with van der Waals surface area (Å²) in [6.45, 7) is 4.80. The maximum absolute atomic E-state index is 13.2. The highest BCUT2D eigenvalue weighted by atomic mass is 32.2. The smallest absolute Gasteiger partial charge is 0.255 e. The summed E-state index contributed by atoms with van der Waals surface area (Å²) in [5, 5.41) is 8.85. The molecular weight excluding hydrogens is 440 g/mol. The highest BCUT2D eigenvalue weighted by Gasteiger charge is 2.29. The van der Waals surface area contributed by atoms with Crippen LogP contribution in [-0.4, -0.2) is 43.2 Å². The molecule has 0 spiro atoms. The predicted octanol–water partition coefficient (Wildman–Crippen LogP) is 2.99. The van der Waals surface area contributed by atoms with E-state index in [0.29, 0.717) is 42.9 Å². The van der Waals surface area contributed by atoms with Crippen molar-refractivity contribution in [1.29, 1.82) is 0 Å². The summed E-state index contributed by atoms with van der Waals surface area (Å²) < 4.78 is 22.7. The van der Waals surface area contributed by atoms with Crippen molar-refractivity contribution in [3.05, 3.63) is 65.4 Å². The van der Waals surface area contributed by atoms with Crippen molar-refractivity contribution in [3.63, 3.8) is 0 Å². The SMILES string of the molecule is Cc1ccc2nc(C)c(C(=O)N3CCC(C(=O)Nc4ccc(S(N)(=O)=O)cc4)CC3)cc2c1. The number of anilines is 1. The first-order chi connectivity index (χ1) is 15.6. The third-order valence-corrected chi connectivity index (χ3v) is 6.92. The summed E-state index contributed by atoms with van der Waals surface area (Å²) in [4.78, 5) is 32.2. The number of benzene rings is 2. The second-order valence-corrected chi connectivity index (χ2v) is 10.0. The largest absolute Gasteiger partial charge is 0.339 e. The van der Waals surface area contributed by atoms with Gasteiger partial charge in [0.1, 0.15) is 0 Å². The molecule has 0 atom stereocenters. The number of sulfonamides is 1. The molecule has 2 amide bonds. The zero-order valence-corrected chi connectivity index (χ0v) is 19.4. The Morgan fingerprint density at radius 1 is 1.03 bits per heavy atom. The summed E-state index contributed by atoms with van der Waals surface area (Å²) in [5.41, 5.74) is 3.75. The summed E-state index contributed by atoms with van der Waals surface area (Å²) in [6, 6.07) is 13.6. The number of hydrogen-bond acceptors (Lipinski definition) is 5. The lowest BCUT2D eigenvalue weighted by atomic mass is 9.95. The number of fused-ring (bicyclic) bond motifs is 1. The normalized spacial score (nSPS) is 14.9. The van der Waals surface area contributed by atoms with Crippen LogP contribution in [0.2, 0.25) is 0 Å². The third-order valence-electron chi connectivity index (χ3n) is 5.99. The second-order valence-electron chi connectivity index (χ2n) is 8.44. The quantitative estimate of drug-likeness (QED) is 0.612. The van der Waals surface area contributed by atoms with Crippen LogP contribution < -0.4 is 10.5 Å². The first kappa shape index (κ1) is 22.9. The Bertz CT molecular complexity index is 1330. The lowest BCUT2D eigenvalue weighted by Crippen LogP contribution is -2.41. The van der Waals surface area contributed by atoms with Crippen LogP contribution >= 0.6 is 0 Å². The van der Waals surface area contributed by atoms with Crippen LogP contribution in [0.1, 0.15) is 34.5 Å². The summed E-state index contributed by atoms with van der Waals surface area (Å²) in [6.07, 6.45) is 1.10. The molecule has 2 aromatic carbocycles. The maximum atomic E-state index is 13.2. The molecule has 8 nitrogen and oxygen atoms in total. The molecule has 1 aromatic heterocycles. The van der Waals surface area contributed by atoms with Crippen molar-refractivity contribution in [2.45, 2.75) is 31.6 Å². The van der Waals surface area contributed by atoms with Gasteiger partial charge in [-0.2, -0.15) is 0 Å². The Morgan fingerprint density at radius 2 is 1.70 bits per heavy atom. The topological polar surface area (TPSA) is 122 Å². The van der Waals surface area contributed by atoms with E-state index in [0.717, 1.165) is 16.5 Å². The minimum Gasteiger partial charge on any atom is -0.339 e. The van der Waals surface area contributed by atoms with Crippen LogP contribution in [0.5, 0.6) is 0 Å². The number of nitrogens with one attached hydrogen (secondary N) is 1. The number of likely N-dealkylation sites (tertiary alicyclic amines) is 1. The lowest BCUT2D eigenvalue weighted by molar-refractivity contribution is -0.121. The number of carbonyl (C=O) groups excluding carboxylic acids is 2. The highest BCUT2D eigenvalue weighted by molar-refractivity contribution is 7.89. The Kier molecular flexibility index (Phi) is 6.18. The zero-order chi connectivity index (χ0) is 23.8. The molecule has 0 radical (unpaired) electrons. The van der Waals surface area contributed by atoms with Crippen LogP contribution in [0.25, 0.3) is 10.9 Å². The average molecular weight is 467 g/mol. The molecular formula is C24H26N4O4S. The Balaban J connectivity index is 1.39. The average Bonchev–Trinajstić information content (AvgIpc) is 2.78. The number of carbonyl (C=O) groups is 2. The first-order valence-corrected chi connectivity index (χ1v) is 12.3. The number of piperidine rings is 1. The molecule has 0 bridgehead atoms. The Labute approximate surface area is 192 Å². The summed E-state index contributed by atoms with van der Waals surface area (Å²) in [5.74, 6) is -0.448. The van der Waals surface area contributed by atoms with E-state index in [1.165, 1.54) is 24.3 Å². The van der Waals surface area contributed by atoms with Gasteiger partial charge in [0.15, 0.2) is 0 Å². The van der Waals surface area contributed by atoms with E-state index in [1.54, 1.807) is 4.90 Å². The van der Waals surface area contributed by atoms with Gasteiger partial charge in [-0.3, -0.25) is 14.6 Å². The van der Waals surface area contributed by atoms with Crippen molar-refractivity contribution in [1.82, 2.24) is 9.88 Å². The van der Waals surface area contributed by atoms with Crippen molar-refractivity contribution in [3.8, 4) is 0 Å². The van der Waals surface area contributed by atoms with E-state index in [4.69, 9.17) is 5.14 Å². The van der Waals surface area contributed by atoms with Gasteiger partial charge >= 0.3 is 0 Å². The van der Waals surface area contributed by atoms with Crippen LogP contribution in [-0.2, 0) is 14.8 Å². The van der Waals surface area contributed by atoms with E-state index in [2.05, 4.69) is 10.3 Å². The van der Waals surface area contributed by atoms with E-state index in [-0.39, 0.29) is 22.6 Å². The molecule has 0 unspecified atom stereocenters. The Morgan fingerprint density at radius 3 is 2.33 bits per heavy atom. The number of hydrogen-bond donors (Lipinski definition) is 2. The van der Waals surface area contributed by atoms with Gasteiger partial charge in [0.25, 0.3) is 5.91 Å². The van der Waals surface area contributed by atoms with E-state index in [1.807, 2.05) is 38.1 Å². The molecule has 33 heavy (non-hydrogen) atoms. The van der Waals surface area contributed by atoms with Crippen molar-refractivity contribution >= 4 is 38.4 Å². The molecule has 9 heteroatoms. The molecule has 172 valence electrons. The summed E-state index contributed by atoms with van der Waals surface area (Å²) >= 11 is 0. The van der Waals surface area contributed by atoms with Crippen LogP contribution in [0.4, 0.5) is 5.69 Å². The molecule has 1 aliphatic rings. The molecule has 0 saturated carbocycles. The van der Waals surface area contributed by atoms with Gasteiger partial charge in [-0.1, -0.05) is 11.6 Å². The van der Waals surface area contributed by atoms with Gasteiger partial charge in [0, 0.05) is 30.1 Å². The van der Waals surface area contributed by atoms with Gasteiger partial charge in [0.05, 0.1) is 21.7 Å². The zero-order valence-electron chi connectivity index (χ0n) is 18.5. The van der Waals surface area contributed by atoms with Crippen molar-refractivity contribution in [2.75, 3.05) is 18.4 Å². The second kappa shape index (κ2) is 8.92. The highest BCUT2D eigenvalue weighted by Crippen LogP contribution is 2.24. The maximum Gasteiger partial charge on any atom is 0.255 e. The first-order valence-electron chi connectivity index (χ1n) is 10.7. The molecule has 1 fully saturated rings. The monoisotopic (exact) mass is 466 g/mol. The van der Waals surface area contributed by atoms with Gasteiger partial charge < -0.3 is 10.2 Å². The number of amides is 2. The minimum atomic E-state index is -3.78. The number of primary sulfonamides is 1. The van der Waals surface area contributed by atoms with Gasteiger partial charge in [-0.15, -0.1) is 0 Å².